The number of ether oxygens (including phenoxy) is 1. The summed E-state index contributed by atoms with van der Waals surface area (Å²) in [6.07, 6.45) is 9.10. The van der Waals surface area contributed by atoms with Crippen molar-refractivity contribution in [1.82, 2.24) is 14.7 Å². The number of rotatable bonds is 7. The van der Waals surface area contributed by atoms with Crippen LogP contribution in [0.25, 0.3) is 0 Å². The Labute approximate surface area is 215 Å². The summed E-state index contributed by atoms with van der Waals surface area (Å²) < 4.78 is 6.66. The minimum Gasteiger partial charge on any atom is -0.396 e. The van der Waals surface area contributed by atoms with Crippen LogP contribution < -0.4 is 0 Å². The highest BCUT2D eigenvalue weighted by Crippen LogP contribution is 2.54. The summed E-state index contributed by atoms with van der Waals surface area (Å²) in [7, 11) is 0. The van der Waals surface area contributed by atoms with Gasteiger partial charge in [-0.15, -0.1) is 0 Å². The maximum Gasteiger partial charge on any atom is 0.249 e. The number of carbonyl (C=O) groups is 3. The summed E-state index contributed by atoms with van der Waals surface area (Å²) in [6, 6.07) is -0.868. The molecule has 0 radical (unpaired) electrons. The molecule has 5 atom stereocenters. The summed E-state index contributed by atoms with van der Waals surface area (Å²) in [5.74, 6) is -1.90. The van der Waals surface area contributed by atoms with E-state index in [1.807, 2.05) is 36.1 Å². The molecular weight excluding hydrogens is 458 g/mol. The first kappa shape index (κ1) is 26.9. The molecule has 0 bridgehead atoms. The van der Waals surface area contributed by atoms with Gasteiger partial charge in [-0.1, -0.05) is 52.0 Å². The van der Waals surface area contributed by atoms with Crippen LogP contribution >= 0.6 is 0 Å². The molecule has 0 aromatic heterocycles. The molecule has 4 aliphatic heterocycles. The van der Waals surface area contributed by atoms with Gasteiger partial charge in [-0.05, 0) is 38.5 Å². The van der Waals surface area contributed by atoms with Crippen molar-refractivity contribution in [2.24, 2.45) is 17.3 Å². The largest absolute Gasteiger partial charge is 0.396 e. The van der Waals surface area contributed by atoms with E-state index in [4.69, 9.17) is 4.74 Å². The van der Waals surface area contributed by atoms with Crippen molar-refractivity contribution in [1.29, 1.82) is 0 Å². The third kappa shape index (κ3) is 4.40. The summed E-state index contributed by atoms with van der Waals surface area (Å²) in [6.45, 7) is 14.3. The van der Waals surface area contributed by atoms with Gasteiger partial charge < -0.3 is 24.5 Å². The van der Waals surface area contributed by atoms with Gasteiger partial charge in [0.1, 0.15) is 11.6 Å². The van der Waals surface area contributed by atoms with Crippen LogP contribution in [0.4, 0.5) is 0 Å². The van der Waals surface area contributed by atoms with E-state index in [1.165, 1.54) is 0 Å². The zero-order valence-electron chi connectivity index (χ0n) is 22.7. The van der Waals surface area contributed by atoms with Crippen LogP contribution in [0.5, 0.6) is 0 Å². The molecule has 8 nitrogen and oxygen atoms in total. The minimum absolute atomic E-state index is 0.000899. The molecule has 8 heteroatoms. The maximum absolute atomic E-state index is 14.4. The smallest absolute Gasteiger partial charge is 0.249 e. The fourth-order valence-electron chi connectivity index (χ4n) is 7.08. The second kappa shape index (κ2) is 9.60. The molecule has 0 aromatic carbocycles. The van der Waals surface area contributed by atoms with Gasteiger partial charge in [-0.25, -0.2) is 0 Å². The molecule has 1 unspecified atom stereocenters. The van der Waals surface area contributed by atoms with E-state index < -0.39 is 35.1 Å². The molecule has 2 saturated heterocycles. The third-order valence-corrected chi connectivity index (χ3v) is 7.99. The minimum atomic E-state index is -1.21. The molecule has 3 amide bonds. The number of carbonyl (C=O) groups excluding carboxylic acids is 3. The second-order valence-electron chi connectivity index (χ2n) is 12.6. The predicted octanol–water partition coefficient (Wildman–Crippen LogP) is 2.37. The Morgan fingerprint density at radius 2 is 1.75 bits per heavy atom. The highest BCUT2D eigenvalue weighted by molar-refractivity contribution is 6.00. The summed E-state index contributed by atoms with van der Waals surface area (Å²) in [4.78, 5) is 47.4. The molecule has 0 aliphatic carbocycles. The molecule has 4 aliphatic rings. The van der Waals surface area contributed by atoms with Crippen LogP contribution in [0.15, 0.2) is 24.3 Å². The highest BCUT2D eigenvalue weighted by atomic mass is 16.5. The molecule has 2 fully saturated rings. The van der Waals surface area contributed by atoms with Crippen molar-refractivity contribution in [3.8, 4) is 0 Å². The number of hydrogen-bond donors (Lipinski definition) is 1. The third-order valence-electron chi connectivity index (χ3n) is 7.99. The van der Waals surface area contributed by atoms with Crippen molar-refractivity contribution in [2.75, 3.05) is 32.8 Å². The Morgan fingerprint density at radius 1 is 1.03 bits per heavy atom. The van der Waals surface area contributed by atoms with Gasteiger partial charge >= 0.3 is 0 Å². The van der Waals surface area contributed by atoms with Crippen molar-refractivity contribution in [3.63, 3.8) is 0 Å². The maximum atomic E-state index is 14.4. The Morgan fingerprint density at radius 3 is 2.39 bits per heavy atom. The molecule has 1 N–H and O–H groups in total. The number of fused-ring (bicyclic) bond motifs is 2. The van der Waals surface area contributed by atoms with Crippen LogP contribution in [0.3, 0.4) is 0 Å². The zero-order chi connectivity index (χ0) is 26.5. The monoisotopic (exact) mass is 501 g/mol. The van der Waals surface area contributed by atoms with E-state index in [2.05, 4.69) is 34.6 Å². The molecular formula is C28H43N3O5. The average molecular weight is 502 g/mol. The van der Waals surface area contributed by atoms with Crippen molar-refractivity contribution in [3.05, 3.63) is 24.3 Å². The first-order valence-corrected chi connectivity index (χ1v) is 13.4. The lowest BCUT2D eigenvalue weighted by Gasteiger charge is -2.44. The first-order valence-electron chi connectivity index (χ1n) is 13.4. The molecule has 4 rings (SSSR count). The SMILES string of the molecule is CCCN1CC=C[C@H]2O[C@]34C=CCN(C(C)(C)CC(C)(C)C)C(=O)C3N(CCCO)C(=O)[C@@H]4[C@H]2C1=O. The average Bonchev–Trinajstić information content (AvgIpc) is 3.08. The molecule has 0 saturated carbocycles. The van der Waals surface area contributed by atoms with Crippen LogP contribution in [0.1, 0.15) is 60.8 Å². The normalized spacial score (nSPS) is 32.5. The van der Waals surface area contributed by atoms with E-state index >= 15 is 0 Å². The fraction of sp³-hybridized carbons (Fsp3) is 0.750. The van der Waals surface area contributed by atoms with E-state index in [0.29, 0.717) is 26.1 Å². The quantitative estimate of drug-likeness (QED) is 0.541. The topological polar surface area (TPSA) is 90.4 Å². The van der Waals surface area contributed by atoms with Crippen molar-refractivity contribution < 1.29 is 24.2 Å². The van der Waals surface area contributed by atoms with Gasteiger partial charge in [0.2, 0.25) is 17.7 Å². The number of nitrogens with zero attached hydrogens (tertiary/aromatic N) is 3. The van der Waals surface area contributed by atoms with E-state index in [0.717, 1.165) is 12.8 Å². The molecule has 36 heavy (non-hydrogen) atoms. The van der Waals surface area contributed by atoms with Gasteiger partial charge in [0.25, 0.3) is 0 Å². The van der Waals surface area contributed by atoms with Gasteiger partial charge in [-0.2, -0.15) is 0 Å². The summed E-state index contributed by atoms with van der Waals surface area (Å²) in [5.41, 5.74) is -1.66. The number of amides is 3. The molecule has 0 aromatic rings. The summed E-state index contributed by atoms with van der Waals surface area (Å²) in [5, 5.41) is 9.55. The lowest BCUT2D eigenvalue weighted by atomic mass is 9.77. The fourth-order valence-corrected chi connectivity index (χ4v) is 7.08. The van der Waals surface area contributed by atoms with E-state index in [9.17, 15) is 19.5 Å². The Balaban J connectivity index is 1.78. The summed E-state index contributed by atoms with van der Waals surface area (Å²) >= 11 is 0. The number of aliphatic hydroxyl groups is 1. The van der Waals surface area contributed by atoms with Crippen LogP contribution in [0.2, 0.25) is 0 Å². The number of aliphatic hydroxyl groups excluding tert-OH is 1. The molecule has 1 spiro atoms. The molecule has 4 heterocycles. The number of hydrogen-bond acceptors (Lipinski definition) is 5. The standard InChI is InChI=1S/C28H43N3O5/c1-7-13-29-14-8-11-19-20(23(29)33)21-24(34)30(15-10-17-32)22-25(35)31(16-9-12-28(21,22)36-19)27(5,6)18-26(2,3)4/h8-9,11-12,19-22,32H,7,10,13-18H2,1-6H3/t19-,20+,21+,22?,28+/m1/s1. The van der Waals surface area contributed by atoms with Gasteiger partial charge in [0, 0.05) is 38.3 Å². The first-order chi connectivity index (χ1) is 16.9. The Hall–Kier alpha value is -2.19. The van der Waals surface area contributed by atoms with Crippen molar-refractivity contribution >= 4 is 17.7 Å². The lowest BCUT2D eigenvalue weighted by molar-refractivity contribution is -0.152. The van der Waals surface area contributed by atoms with E-state index in [1.54, 1.807) is 9.80 Å². The van der Waals surface area contributed by atoms with Gasteiger partial charge in [0.05, 0.1) is 17.9 Å². The second-order valence-corrected chi connectivity index (χ2v) is 12.6. The van der Waals surface area contributed by atoms with Gasteiger partial charge in [-0.3, -0.25) is 14.4 Å². The van der Waals surface area contributed by atoms with Crippen LogP contribution in [-0.4, -0.2) is 93.6 Å². The van der Waals surface area contributed by atoms with Crippen LogP contribution in [0, 0.1) is 17.3 Å². The van der Waals surface area contributed by atoms with Crippen molar-refractivity contribution in [2.45, 2.75) is 84.1 Å². The predicted molar refractivity (Wildman–Crippen MR) is 137 cm³/mol. The van der Waals surface area contributed by atoms with Gasteiger partial charge in [0.15, 0.2) is 0 Å². The Bertz CT molecular complexity index is 951. The van der Waals surface area contributed by atoms with E-state index in [-0.39, 0.29) is 36.3 Å². The number of likely N-dealkylation sites (tertiary alicyclic amines) is 1. The zero-order valence-corrected chi connectivity index (χ0v) is 22.7. The molecule has 200 valence electrons. The lowest BCUT2D eigenvalue weighted by Crippen LogP contribution is -2.60. The van der Waals surface area contributed by atoms with Crippen LogP contribution in [-0.2, 0) is 19.1 Å². The highest BCUT2D eigenvalue weighted by Gasteiger charge is 2.72. The Kier molecular flexibility index (Phi) is 7.16.